The number of aliphatic hydroxyl groups excluding tert-OH is 1. The summed E-state index contributed by atoms with van der Waals surface area (Å²) in [4.78, 5) is 22.5. The Kier molecular flexibility index (Phi) is 11.9. The van der Waals surface area contributed by atoms with Crippen LogP contribution >= 0.6 is 11.3 Å². The normalized spacial score (nSPS) is 12.6. The van der Waals surface area contributed by atoms with Crippen LogP contribution < -0.4 is 0 Å². The zero-order chi connectivity index (χ0) is 34.9. The van der Waals surface area contributed by atoms with E-state index in [0.29, 0.717) is 0 Å². The Hall–Kier alpha value is -3.44. The van der Waals surface area contributed by atoms with E-state index < -0.39 is 0 Å². The number of rotatable bonds is 8. The summed E-state index contributed by atoms with van der Waals surface area (Å²) in [7, 11) is 0. The maximum Gasteiger partial charge on any atom is 0.164 e. The molecule has 259 valence electrons. The zero-order valence-electron chi connectivity index (χ0n) is 30.3. The van der Waals surface area contributed by atoms with Gasteiger partial charge in [0.15, 0.2) is 5.78 Å². The molecule has 2 aromatic heterocycles. The molecule has 1 radical (unpaired) electrons. The van der Waals surface area contributed by atoms with Crippen molar-refractivity contribution in [2.45, 2.75) is 93.4 Å². The molecule has 0 aliphatic heterocycles. The molecule has 0 spiro atoms. The molecule has 49 heavy (non-hydrogen) atoms. The number of carbonyl (C=O) groups is 1. The number of fused-ring (bicyclic) bond motifs is 6. The first-order valence-electron chi connectivity index (χ1n) is 17.3. The van der Waals surface area contributed by atoms with Crippen LogP contribution in [0, 0.1) is 16.9 Å². The Bertz CT molecular complexity index is 2130. The van der Waals surface area contributed by atoms with E-state index in [1.54, 1.807) is 17.7 Å². The second-order valence-corrected chi connectivity index (χ2v) is 15.5. The molecule has 0 saturated heterocycles. The SMILES string of the molecule is CC(C)(C)c1ccc2ccc3c(sc4ncnc(-c5[c-]cc6ccccc6c5)c43)c2c1.CCC(C)(CC)C(=O)/C=C(\O)C(C)(CC)CC.[Ir]. The van der Waals surface area contributed by atoms with Gasteiger partial charge in [-0.1, -0.05) is 116 Å². The van der Waals surface area contributed by atoms with Crippen molar-refractivity contribution in [1.82, 2.24) is 9.97 Å². The molecule has 6 heteroatoms. The van der Waals surface area contributed by atoms with Crippen LogP contribution in [0.5, 0.6) is 0 Å². The van der Waals surface area contributed by atoms with Gasteiger partial charge in [0, 0.05) is 52.8 Å². The molecular weight excluding hydrogens is 801 g/mol. The van der Waals surface area contributed by atoms with Gasteiger partial charge >= 0.3 is 0 Å². The van der Waals surface area contributed by atoms with Crippen molar-refractivity contribution in [3.05, 3.63) is 96.5 Å². The third kappa shape index (κ3) is 7.67. The third-order valence-corrected chi connectivity index (χ3v) is 11.8. The van der Waals surface area contributed by atoms with Crippen molar-refractivity contribution in [1.29, 1.82) is 0 Å². The minimum atomic E-state index is -0.337. The molecule has 0 fully saturated rings. The first-order valence-corrected chi connectivity index (χ1v) is 18.1. The standard InChI is InChI=1S/C28H21N2S.C15H28O2.Ir/c1-28(2,3)21-12-10-18-11-13-22-24-25(20-9-8-17-6-4-5-7-19(17)14-20)29-16-30-27(24)31-26(22)23(18)15-21;1-7-14(5,8-2)12(16)11-13(17)15(6,9-3)10-4;/h4-8,10-16H,1-3H3;11,16H,7-10H2,1-6H3;/q-1;;/b;12-11-;. The first-order chi connectivity index (χ1) is 22.8. The third-order valence-electron chi connectivity index (χ3n) is 10.7. The number of nitrogens with zero attached hydrogens (tertiary/aromatic N) is 2. The fraction of sp³-hybridized carbons (Fsp3) is 0.372. The van der Waals surface area contributed by atoms with Crippen molar-refractivity contribution in [2.24, 2.45) is 10.8 Å². The number of hydrogen-bond donors (Lipinski definition) is 1. The van der Waals surface area contributed by atoms with E-state index in [-0.39, 0.29) is 47.9 Å². The second kappa shape index (κ2) is 15.2. The number of ketones is 1. The van der Waals surface area contributed by atoms with E-state index in [1.165, 1.54) is 43.3 Å². The van der Waals surface area contributed by atoms with Gasteiger partial charge in [-0.2, -0.15) is 0 Å². The van der Waals surface area contributed by atoms with Crippen LogP contribution in [0.2, 0.25) is 0 Å². The Labute approximate surface area is 309 Å². The molecule has 0 aliphatic carbocycles. The molecule has 0 unspecified atom stereocenters. The maximum absolute atomic E-state index is 12.2. The minimum absolute atomic E-state index is 0. The molecule has 0 atom stereocenters. The van der Waals surface area contributed by atoms with E-state index in [2.05, 4.69) is 98.6 Å². The molecule has 0 amide bonds. The summed E-state index contributed by atoms with van der Waals surface area (Å²) in [5, 5.41) is 17.4. The van der Waals surface area contributed by atoms with Gasteiger partial charge in [-0.05, 0) is 58.9 Å². The first kappa shape index (κ1) is 38.4. The summed E-state index contributed by atoms with van der Waals surface area (Å²) in [5.74, 6) is 0.286. The summed E-state index contributed by atoms with van der Waals surface area (Å²) >= 11 is 1.76. The van der Waals surface area contributed by atoms with Crippen molar-refractivity contribution in [3.63, 3.8) is 0 Å². The molecule has 0 bridgehead atoms. The summed E-state index contributed by atoms with van der Waals surface area (Å²) in [6, 6.07) is 27.3. The minimum Gasteiger partial charge on any atom is -0.512 e. The van der Waals surface area contributed by atoms with Crippen LogP contribution in [0.1, 0.15) is 93.6 Å². The fourth-order valence-corrected chi connectivity index (χ4v) is 7.17. The Morgan fingerprint density at radius 2 is 1.43 bits per heavy atom. The molecule has 6 aromatic rings. The van der Waals surface area contributed by atoms with Gasteiger partial charge < -0.3 is 5.11 Å². The summed E-state index contributed by atoms with van der Waals surface area (Å²) in [5.41, 5.74) is 2.81. The summed E-state index contributed by atoms with van der Waals surface area (Å²) < 4.78 is 1.28. The summed E-state index contributed by atoms with van der Waals surface area (Å²) in [6.45, 7) is 18.9. The quantitative estimate of drug-likeness (QED) is 0.0941. The monoisotopic (exact) mass is 850 g/mol. The molecule has 0 saturated carbocycles. The Morgan fingerprint density at radius 3 is 2.06 bits per heavy atom. The predicted molar refractivity (Wildman–Crippen MR) is 206 cm³/mol. The smallest absolute Gasteiger partial charge is 0.164 e. The van der Waals surface area contributed by atoms with Crippen molar-refractivity contribution >= 4 is 59.0 Å². The number of benzene rings is 4. The van der Waals surface area contributed by atoms with E-state index in [1.807, 2.05) is 41.5 Å². The number of hydrogen-bond acceptors (Lipinski definition) is 5. The van der Waals surface area contributed by atoms with Crippen LogP contribution in [0.15, 0.2) is 84.9 Å². The van der Waals surface area contributed by atoms with Gasteiger partial charge in [-0.3, -0.25) is 9.78 Å². The van der Waals surface area contributed by atoms with Crippen molar-refractivity contribution in [2.75, 3.05) is 0 Å². The number of carbonyl (C=O) groups excluding carboxylic acids is 1. The number of aliphatic hydroxyl groups is 1. The van der Waals surface area contributed by atoms with Crippen LogP contribution in [-0.4, -0.2) is 20.9 Å². The van der Waals surface area contributed by atoms with E-state index in [4.69, 9.17) is 4.98 Å². The molecule has 4 nitrogen and oxygen atoms in total. The van der Waals surface area contributed by atoms with Gasteiger partial charge in [0.25, 0.3) is 0 Å². The summed E-state index contributed by atoms with van der Waals surface area (Å²) in [6.07, 6.45) is 6.43. The maximum atomic E-state index is 12.2. The fourth-order valence-electron chi connectivity index (χ4n) is 6.00. The van der Waals surface area contributed by atoms with Gasteiger partial charge in [0.2, 0.25) is 0 Å². The van der Waals surface area contributed by atoms with Gasteiger partial charge in [0.05, 0.1) is 0 Å². The van der Waals surface area contributed by atoms with Gasteiger partial charge in [-0.15, -0.1) is 40.5 Å². The van der Waals surface area contributed by atoms with Gasteiger partial charge in [-0.25, -0.2) is 4.98 Å². The predicted octanol–water partition coefficient (Wildman–Crippen LogP) is 12.6. The molecule has 1 N–H and O–H groups in total. The molecule has 0 aliphatic rings. The van der Waals surface area contributed by atoms with Crippen molar-refractivity contribution in [3.8, 4) is 11.3 Å². The average Bonchev–Trinajstić information content (AvgIpc) is 3.50. The number of thiophene rings is 1. The zero-order valence-corrected chi connectivity index (χ0v) is 33.5. The van der Waals surface area contributed by atoms with E-state index in [0.717, 1.165) is 47.2 Å². The number of aromatic nitrogens is 2. The van der Waals surface area contributed by atoms with Crippen molar-refractivity contribution < 1.29 is 30.0 Å². The Balaban J connectivity index is 0.000000260. The van der Waals surface area contributed by atoms with E-state index >= 15 is 0 Å². The topological polar surface area (TPSA) is 63.1 Å². The second-order valence-electron chi connectivity index (χ2n) is 14.5. The van der Waals surface area contributed by atoms with Crippen LogP contribution in [-0.2, 0) is 30.3 Å². The largest absolute Gasteiger partial charge is 0.512 e. The molecule has 6 rings (SSSR count). The van der Waals surface area contributed by atoms with Gasteiger partial charge in [0.1, 0.15) is 16.9 Å². The van der Waals surface area contributed by atoms with Crippen LogP contribution in [0.3, 0.4) is 0 Å². The number of allylic oxidation sites excluding steroid dienone is 2. The molecule has 2 heterocycles. The average molecular weight is 850 g/mol. The van der Waals surface area contributed by atoms with Crippen LogP contribution in [0.4, 0.5) is 0 Å². The molecule has 4 aromatic carbocycles. The Morgan fingerprint density at radius 1 is 0.796 bits per heavy atom. The van der Waals surface area contributed by atoms with E-state index in [9.17, 15) is 9.90 Å². The van der Waals surface area contributed by atoms with Crippen LogP contribution in [0.25, 0.3) is 53.1 Å². The molecular formula is C43H49IrN2O2S-.